The van der Waals surface area contributed by atoms with Crippen molar-refractivity contribution < 1.29 is 23.5 Å². The van der Waals surface area contributed by atoms with E-state index in [0.29, 0.717) is 18.1 Å². The molecule has 2 heterocycles. The first-order chi connectivity index (χ1) is 17.0. The number of pyridine rings is 1. The van der Waals surface area contributed by atoms with Crippen LogP contribution in [0, 0.1) is 5.82 Å². The molecule has 0 fully saturated rings. The average molecular weight is 477 g/mol. The monoisotopic (exact) mass is 476 g/mol. The molecule has 0 atom stereocenters. The number of rotatable bonds is 9. The van der Waals surface area contributed by atoms with Crippen LogP contribution in [0.1, 0.15) is 29.5 Å². The molecule has 0 unspecified atom stereocenters. The predicted octanol–water partition coefficient (Wildman–Crippen LogP) is 3.60. The minimum atomic E-state index is -0.354. The molecular formula is C26H25FN4O4. The molecule has 0 saturated heterocycles. The molecule has 0 bridgehead atoms. The van der Waals surface area contributed by atoms with Gasteiger partial charge in [0.1, 0.15) is 18.1 Å². The van der Waals surface area contributed by atoms with Crippen molar-refractivity contribution >= 4 is 17.5 Å². The van der Waals surface area contributed by atoms with Crippen LogP contribution in [-0.4, -0.2) is 34.6 Å². The largest absolute Gasteiger partial charge is 0.493 e. The zero-order valence-corrected chi connectivity index (χ0v) is 19.2. The van der Waals surface area contributed by atoms with E-state index in [9.17, 15) is 14.0 Å². The van der Waals surface area contributed by atoms with E-state index in [0.717, 1.165) is 16.7 Å². The van der Waals surface area contributed by atoms with Crippen LogP contribution in [0.5, 0.6) is 11.5 Å². The Balaban J connectivity index is 1.36. The molecule has 2 aromatic carbocycles. The van der Waals surface area contributed by atoms with Crippen LogP contribution in [0.2, 0.25) is 0 Å². The predicted molar refractivity (Wildman–Crippen MR) is 127 cm³/mol. The minimum absolute atomic E-state index is 0.175. The van der Waals surface area contributed by atoms with E-state index in [1.807, 2.05) is 18.2 Å². The first-order valence-corrected chi connectivity index (χ1v) is 11.1. The van der Waals surface area contributed by atoms with Gasteiger partial charge in [-0.25, -0.2) is 9.40 Å². The number of methoxy groups -OCH3 is 1. The van der Waals surface area contributed by atoms with E-state index in [1.165, 1.54) is 17.1 Å². The van der Waals surface area contributed by atoms with Crippen LogP contribution in [0.15, 0.2) is 72.1 Å². The smallest absolute Gasteiger partial charge is 0.267 e. The van der Waals surface area contributed by atoms with Gasteiger partial charge >= 0.3 is 0 Å². The van der Waals surface area contributed by atoms with Gasteiger partial charge in [0.15, 0.2) is 11.5 Å². The fourth-order valence-electron chi connectivity index (χ4n) is 3.52. The van der Waals surface area contributed by atoms with Crippen LogP contribution in [0.4, 0.5) is 4.39 Å². The molecule has 9 heteroatoms. The second-order valence-corrected chi connectivity index (χ2v) is 7.94. The van der Waals surface area contributed by atoms with Crippen LogP contribution >= 0.6 is 0 Å². The highest BCUT2D eigenvalue weighted by Gasteiger charge is 2.24. The fraction of sp³-hybridized carbons (Fsp3) is 0.231. The van der Waals surface area contributed by atoms with Gasteiger partial charge in [-0.1, -0.05) is 18.2 Å². The van der Waals surface area contributed by atoms with Crippen LogP contribution < -0.4 is 14.8 Å². The summed E-state index contributed by atoms with van der Waals surface area (Å²) in [6, 6.07) is 15.0. The van der Waals surface area contributed by atoms with E-state index >= 15 is 0 Å². The van der Waals surface area contributed by atoms with E-state index in [1.54, 1.807) is 43.8 Å². The molecule has 0 aliphatic carbocycles. The van der Waals surface area contributed by atoms with Crippen molar-refractivity contribution in [1.82, 2.24) is 15.3 Å². The number of ether oxygens (including phenoxy) is 2. The van der Waals surface area contributed by atoms with Gasteiger partial charge in [-0.05, 0) is 53.1 Å². The Kier molecular flexibility index (Phi) is 7.67. The van der Waals surface area contributed by atoms with Crippen LogP contribution in [-0.2, 0) is 29.3 Å². The Bertz CT molecular complexity index is 1220. The summed E-state index contributed by atoms with van der Waals surface area (Å²) in [6.07, 6.45) is 3.85. The number of carbonyl (C=O) groups excluding carboxylic acids is 2. The second kappa shape index (κ2) is 11.2. The SMILES string of the molecule is COc1cc(CNC(=O)C2=NN(Cc3ccc(F)cc3)C(=O)CC2)ccc1OCc1ccncc1. The molecule has 0 radical (unpaired) electrons. The van der Waals surface area contributed by atoms with Crippen LogP contribution in [0.3, 0.4) is 0 Å². The maximum Gasteiger partial charge on any atom is 0.267 e. The molecule has 1 aliphatic heterocycles. The molecule has 180 valence electrons. The normalized spacial score (nSPS) is 13.3. The van der Waals surface area contributed by atoms with Gasteiger partial charge in [0.25, 0.3) is 5.91 Å². The number of hydrogen-bond donors (Lipinski definition) is 1. The van der Waals surface area contributed by atoms with E-state index in [2.05, 4.69) is 15.4 Å². The highest BCUT2D eigenvalue weighted by Crippen LogP contribution is 2.29. The average Bonchev–Trinajstić information content (AvgIpc) is 2.89. The zero-order valence-electron chi connectivity index (χ0n) is 19.2. The van der Waals surface area contributed by atoms with Gasteiger partial charge in [-0.15, -0.1) is 0 Å². The lowest BCUT2D eigenvalue weighted by Gasteiger charge is -2.23. The molecule has 4 rings (SSSR count). The Morgan fingerprint density at radius 1 is 1.00 bits per heavy atom. The maximum absolute atomic E-state index is 13.1. The Labute approximate surface area is 202 Å². The number of aromatic nitrogens is 1. The summed E-state index contributed by atoms with van der Waals surface area (Å²) in [7, 11) is 1.56. The zero-order chi connectivity index (χ0) is 24.6. The number of halogens is 1. The quantitative estimate of drug-likeness (QED) is 0.509. The molecular weight excluding hydrogens is 451 g/mol. The van der Waals surface area contributed by atoms with Crippen molar-refractivity contribution in [3.05, 3.63) is 89.5 Å². The number of nitrogens with one attached hydrogen (secondary N) is 1. The number of benzene rings is 2. The highest BCUT2D eigenvalue weighted by molar-refractivity contribution is 6.39. The number of hydrazone groups is 1. The van der Waals surface area contributed by atoms with Gasteiger partial charge in [-0.3, -0.25) is 14.6 Å². The molecule has 0 spiro atoms. The first kappa shape index (κ1) is 23.9. The summed E-state index contributed by atoms with van der Waals surface area (Å²) in [5.41, 5.74) is 2.81. The molecule has 1 aromatic heterocycles. The van der Waals surface area contributed by atoms with Gasteiger partial charge in [-0.2, -0.15) is 5.10 Å². The third-order valence-electron chi connectivity index (χ3n) is 5.44. The molecule has 35 heavy (non-hydrogen) atoms. The molecule has 8 nitrogen and oxygen atoms in total. The first-order valence-electron chi connectivity index (χ1n) is 11.1. The number of amides is 2. The molecule has 1 N–H and O–H groups in total. The van der Waals surface area contributed by atoms with Crippen molar-refractivity contribution in [2.24, 2.45) is 5.10 Å². The second-order valence-electron chi connectivity index (χ2n) is 7.94. The highest BCUT2D eigenvalue weighted by atomic mass is 19.1. The van der Waals surface area contributed by atoms with Gasteiger partial charge in [0.05, 0.1) is 13.7 Å². The molecule has 2 amide bonds. The lowest BCUT2D eigenvalue weighted by molar-refractivity contribution is -0.132. The summed E-state index contributed by atoms with van der Waals surface area (Å²) >= 11 is 0. The molecule has 0 saturated carbocycles. The fourth-order valence-corrected chi connectivity index (χ4v) is 3.52. The molecule has 1 aliphatic rings. The molecule has 3 aromatic rings. The lowest BCUT2D eigenvalue weighted by Crippen LogP contribution is -2.38. The maximum atomic E-state index is 13.1. The summed E-state index contributed by atoms with van der Waals surface area (Å²) in [4.78, 5) is 28.9. The van der Waals surface area contributed by atoms with Gasteiger partial charge in [0.2, 0.25) is 5.91 Å². The standard InChI is InChI=1S/C26H25FN4O4/c1-34-24-14-20(4-8-23(24)35-17-19-10-12-28-13-11-19)15-29-26(33)22-7-9-25(32)31(30-22)16-18-2-5-21(27)6-3-18/h2-6,8,10-14H,7,9,15-17H2,1H3,(H,29,33). The third kappa shape index (κ3) is 6.41. The van der Waals surface area contributed by atoms with Crippen molar-refractivity contribution in [2.75, 3.05) is 7.11 Å². The van der Waals surface area contributed by atoms with Crippen molar-refractivity contribution in [1.29, 1.82) is 0 Å². The summed E-state index contributed by atoms with van der Waals surface area (Å²) in [5.74, 6) is 0.256. The Morgan fingerprint density at radius 2 is 1.74 bits per heavy atom. The van der Waals surface area contributed by atoms with Crippen LogP contribution in [0.25, 0.3) is 0 Å². The van der Waals surface area contributed by atoms with E-state index in [-0.39, 0.29) is 49.3 Å². The Hall–Kier alpha value is -4.27. The number of hydrogen-bond acceptors (Lipinski definition) is 6. The minimum Gasteiger partial charge on any atom is -0.493 e. The van der Waals surface area contributed by atoms with Crippen molar-refractivity contribution in [2.45, 2.75) is 32.5 Å². The topological polar surface area (TPSA) is 93.1 Å². The van der Waals surface area contributed by atoms with Crippen molar-refractivity contribution in [3.63, 3.8) is 0 Å². The van der Waals surface area contributed by atoms with E-state index < -0.39 is 0 Å². The summed E-state index contributed by atoms with van der Waals surface area (Å²) < 4.78 is 24.4. The van der Waals surface area contributed by atoms with Crippen molar-refractivity contribution in [3.8, 4) is 11.5 Å². The Morgan fingerprint density at radius 3 is 2.49 bits per heavy atom. The van der Waals surface area contributed by atoms with E-state index in [4.69, 9.17) is 9.47 Å². The summed E-state index contributed by atoms with van der Waals surface area (Å²) in [6.45, 7) is 0.806. The summed E-state index contributed by atoms with van der Waals surface area (Å²) in [5, 5.41) is 8.34. The van der Waals surface area contributed by atoms with Gasteiger partial charge < -0.3 is 14.8 Å². The number of carbonyl (C=O) groups is 2. The lowest BCUT2D eigenvalue weighted by atomic mass is 10.1. The third-order valence-corrected chi connectivity index (χ3v) is 5.44. The number of nitrogens with zero attached hydrogens (tertiary/aromatic N) is 3. The van der Waals surface area contributed by atoms with Gasteiger partial charge in [0, 0.05) is 31.8 Å².